The fourth-order valence-corrected chi connectivity index (χ4v) is 4.96. The number of nitrogens with zero attached hydrogens (tertiary/aromatic N) is 4. The average molecular weight is 689 g/mol. The van der Waals surface area contributed by atoms with Crippen molar-refractivity contribution in [3.05, 3.63) is 94.8 Å². The van der Waals surface area contributed by atoms with Crippen LogP contribution in [0.15, 0.2) is 71.8 Å². The second-order valence-electron chi connectivity index (χ2n) is 8.33. The van der Waals surface area contributed by atoms with Gasteiger partial charge in [-0.25, -0.2) is 4.98 Å². The molecule has 0 aliphatic rings. The molecule has 0 amide bonds. The number of nitriles is 1. The minimum Gasteiger partial charge on any atom is -0.493 e. The molecule has 0 spiro atoms. The van der Waals surface area contributed by atoms with Gasteiger partial charge in [0.05, 0.1) is 40.3 Å². The predicted octanol–water partition coefficient (Wildman–Crippen LogP) is 7.15. The molecule has 4 aromatic rings. The van der Waals surface area contributed by atoms with E-state index in [1.807, 2.05) is 44.2 Å². The molecule has 1 aromatic heterocycles. The van der Waals surface area contributed by atoms with Crippen LogP contribution >= 0.6 is 47.8 Å². The third kappa shape index (κ3) is 5.64. The minimum atomic E-state index is -0.260. The third-order valence-corrected chi connectivity index (χ3v) is 8.18. The molecule has 1 heterocycles. The lowest BCUT2D eigenvalue weighted by atomic mass is 10.1. The first kappa shape index (κ1) is 27.0. The van der Waals surface area contributed by atoms with Crippen LogP contribution in [0.3, 0.4) is 0 Å². The van der Waals surface area contributed by atoms with Gasteiger partial charge in [0.15, 0.2) is 11.5 Å². The normalized spacial score (nSPS) is 11.3. The molecule has 0 aliphatic heterocycles. The van der Waals surface area contributed by atoms with Gasteiger partial charge in [-0.1, -0.05) is 48.0 Å². The maximum absolute atomic E-state index is 13.3. The molecule has 4 rings (SSSR count). The highest BCUT2D eigenvalue weighted by Gasteiger charge is 2.18. The van der Waals surface area contributed by atoms with Crippen molar-refractivity contribution < 1.29 is 9.47 Å². The quantitative estimate of drug-likeness (QED) is 0.193. The average Bonchev–Trinajstić information content (AvgIpc) is 2.89. The lowest BCUT2D eigenvalue weighted by molar-refractivity contribution is 0.282. The van der Waals surface area contributed by atoms with Crippen LogP contribution in [0.4, 0.5) is 0 Å². The lowest BCUT2D eigenvalue weighted by Gasteiger charge is -2.16. The second-order valence-corrected chi connectivity index (χ2v) is 10.8. The Kier molecular flexibility index (Phi) is 8.47. The molecule has 0 aliphatic carbocycles. The van der Waals surface area contributed by atoms with Crippen LogP contribution < -0.4 is 15.0 Å². The SMILES string of the molecule is COc1cc(C=Nn2c(C(C)C)nc3ccc(Br)cc3c2=O)c(Br)c(Br)c1OCc1ccccc1C#N. The number of hydrogen-bond donors (Lipinski definition) is 0. The molecule has 0 unspecified atom stereocenters. The summed E-state index contributed by atoms with van der Waals surface area (Å²) in [6, 6.07) is 16.6. The summed E-state index contributed by atoms with van der Waals surface area (Å²) in [6.07, 6.45) is 1.57. The molecule has 0 saturated carbocycles. The fraction of sp³-hybridized carbons (Fsp3) is 0.185. The largest absolute Gasteiger partial charge is 0.493 e. The Balaban J connectivity index is 1.74. The molecule has 0 radical (unpaired) electrons. The Morgan fingerprint density at radius 2 is 1.89 bits per heavy atom. The fourth-order valence-electron chi connectivity index (χ4n) is 3.66. The summed E-state index contributed by atoms with van der Waals surface area (Å²) in [7, 11) is 1.54. The summed E-state index contributed by atoms with van der Waals surface area (Å²) in [5, 5.41) is 14.3. The molecule has 0 fully saturated rings. The van der Waals surface area contributed by atoms with Gasteiger partial charge in [0.1, 0.15) is 12.4 Å². The topological polar surface area (TPSA) is 89.5 Å². The Labute approximate surface area is 239 Å². The highest BCUT2D eigenvalue weighted by Crippen LogP contribution is 2.42. The van der Waals surface area contributed by atoms with Crippen molar-refractivity contribution in [1.29, 1.82) is 5.26 Å². The zero-order valence-corrected chi connectivity index (χ0v) is 24.9. The van der Waals surface area contributed by atoms with Crippen LogP contribution in [0.2, 0.25) is 0 Å². The smallest absolute Gasteiger partial charge is 0.282 e. The first-order valence-corrected chi connectivity index (χ1v) is 13.6. The van der Waals surface area contributed by atoms with Crippen molar-refractivity contribution in [3.8, 4) is 17.6 Å². The molecule has 7 nitrogen and oxygen atoms in total. The van der Waals surface area contributed by atoms with E-state index in [4.69, 9.17) is 9.47 Å². The molecule has 0 saturated heterocycles. The van der Waals surface area contributed by atoms with E-state index in [-0.39, 0.29) is 18.1 Å². The second kappa shape index (κ2) is 11.6. The van der Waals surface area contributed by atoms with Gasteiger partial charge in [-0.3, -0.25) is 4.79 Å². The van der Waals surface area contributed by atoms with E-state index in [0.29, 0.717) is 48.3 Å². The van der Waals surface area contributed by atoms with E-state index in [1.54, 1.807) is 31.5 Å². The van der Waals surface area contributed by atoms with Gasteiger partial charge in [0, 0.05) is 26.0 Å². The standard InChI is InChI=1S/C27H21Br3N4O3/c1-15(2)26-33-21-9-8-19(28)11-20(21)27(35)34(26)32-13-18-10-22(36-3)25(24(30)23(18)29)37-14-17-7-5-4-6-16(17)12-31/h4-11,13,15H,14H2,1-3H3. The third-order valence-electron chi connectivity index (χ3n) is 5.55. The number of methoxy groups -OCH3 is 1. The molecule has 37 heavy (non-hydrogen) atoms. The van der Waals surface area contributed by atoms with Crippen LogP contribution in [-0.4, -0.2) is 23.0 Å². The van der Waals surface area contributed by atoms with E-state index in [1.165, 1.54) is 4.68 Å². The van der Waals surface area contributed by atoms with E-state index >= 15 is 0 Å². The van der Waals surface area contributed by atoms with Crippen molar-refractivity contribution in [2.45, 2.75) is 26.4 Å². The summed E-state index contributed by atoms with van der Waals surface area (Å²) in [4.78, 5) is 18.0. The molecule has 10 heteroatoms. The van der Waals surface area contributed by atoms with Crippen LogP contribution in [0.5, 0.6) is 11.5 Å². The van der Waals surface area contributed by atoms with Crippen LogP contribution in [0, 0.1) is 11.3 Å². The maximum Gasteiger partial charge on any atom is 0.282 e. The Morgan fingerprint density at radius 3 is 2.59 bits per heavy atom. The molecular weight excluding hydrogens is 668 g/mol. The van der Waals surface area contributed by atoms with E-state index in [0.717, 1.165) is 10.0 Å². The number of halogens is 3. The number of rotatable bonds is 7. The molecule has 0 bridgehead atoms. The van der Waals surface area contributed by atoms with Gasteiger partial charge in [-0.15, -0.1) is 0 Å². The van der Waals surface area contributed by atoms with Crippen LogP contribution in [0.25, 0.3) is 10.9 Å². The number of fused-ring (bicyclic) bond motifs is 1. The van der Waals surface area contributed by atoms with E-state index < -0.39 is 0 Å². The van der Waals surface area contributed by atoms with Gasteiger partial charge in [0.25, 0.3) is 5.56 Å². The zero-order valence-electron chi connectivity index (χ0n) is 20.1. The van der Waals surface area contributed by atoms with Crippen molar-refractivity contribution in [2.24, 2.45) is 5.10 Å². The van der Waals surface area contributed by atoms with Crippen molar-refractivity contribution in [1.82, 2.24) is 9.66 Å². The summed E-state index contributed by atoms with van der Waals surface area (Å²) in [5.74, 6) is 1.45. The first-order valence-electron chi connectivity index (χ1n) is 11.2. The van der Waals surface area contributed by atoms with Crippen LogP contribution in [-0.2, 0) is 6.61 Å². The van der Waals surface area contributed by atoms with Gasteiger partial charge in [0.2, 0.25) is 0 Å². The molecule has 0 N–H and O–H groups in total. The van der Waals surface area contributed by atoms with E-state index in [9.17, 15) is 10.1 Å². The van der Waals surface area contributed by atoms with Gasteiger partial charge in [-0.2, -0.15) is 15.0 Å². The zero-order chi connectivity index (χ0) is 26.7. The van der Waals surface area contributed by atoms with Gasteiger partial charge >= 0.3 is 0 Å². The number of benzene rings is 3. The Morgan fingerprint density at radius 1 is 1.14 bits per heavy atom. The molecule has 0 atom stereocenters. The molecule has 3 aromatic carbocycles. The van der Waals surface area contributed by atoms with Gasteiger partial charge in [-0.05, 0) is 62.2 Å². The summed E-state index contributed by atoms with van der Waals surface area (Å²) in [6.45, 7) is 4.11. The highest BCUT2D eigenvalue weighted by molar-refractivity contribution is 9.13. The Bertz CT molecular complexity index is 1620. The number of hydrogen-bond acceptors (Lipinski definition) is 6. The highest BCUT2D eigenvalue weighted by atomic mass is 79.9. The summed E-state index contributed by atoms with van der Waals surface area (Å²) >= 11 is 10.6. The predicted molar refractivity (Wildman–Crippen MR) is 155 cm³/mol. The number of aromatic nitrogens is 2. The van der Waals surface area contributed by atoms with Crippen molar-refractivity contribution >= 4 is 64.9 Å². The lowest BCUT2D eigenvalue weighted by Crippen LogP contribution is -2.23. The van der Waals surface area contributed by atoms with Gasteiger partial charge < -0.3 is 9.47 Å². The molecule has 188 valence electrons. The monoisotopic (exact) mass is 686 g/mol. The van der Waals surface area contributed by atoms with E-state index in [2.05, 4.69) is 63.9 Å². The minimum absolute atomic E-state index is 0.0327. The molecular formula is C27H21Br3N4O3. The Hall–Kier alpha value is -3.00. The van der Waals surface area contributed by atoms with Crippen molar-refractivity contribution in [2.75, 3.05) is 7.11 Å². The summed E-state index contributed by atoms with van der Waals surface area (Å²) < 4.78 is 15.0. The maximum atomic E-state index is 13.3. The van der Waals surface area contributed by atoms with Crippen LogP contribution in [0.1, 0.15) is 42.3 Å². The number of ether oxygens (including phenoxy) is 2. The summed E-state index contributed by atoms with van der Waals surface area (Å²) in [5.41, 5.74) is 2.32. The van der Waals surface area contributed by atoms with Crippen molar-refractivity contribution in [3.63, 3.8) is 0 Å². The first-order chi connectivity index (χ1) is 17.7.